The first-order chi connectivity index (χ1) is 12.4. The molecule has 0 radical (unpaired) electrons. The van der Waals surface area contributed by atoms with Crippen LogP contribution in [-0.4, -0.2) is 53.4 Å². The second-order valence-electron chi connectivity index (χ2n) is 5.54. The van der Waals surface area contributed by atoms with Crippen LogP contribution in [0.15, 0.2) is 40.3 Å². The van der Waals surface area contributed by atoms with Gasteiger partial charge in [-0.1, -0.05) is 35.1 Å². The first-order valence-electron chi connectivity index (χ1n) is 7.82. The normalized spacial score (nSPS) is 27.9. The number of thioether (sulfide) groups is 1. The summed E-state index contributed by atoms with van der Waals surface area (Å²) in [5.41, 5.74) is 8.08. The van der Waals surface area contributed by atoms with Gasteiger partial charge in [0.25, 0.3) is 0 Å². The molecule has 10 heteroatoms. The lowest BCUT2D eigenvalue weighted by Crippen LogP contribution is -2.58. The summed E-state index contributed by atoms with van der Waals surface area (Å²) in [6.45, 7) is 2.21. The van der Waals surface area contributed by atoms with E-state index in [-0.39, 0.29) is 6.61 Å². The predicted molar refractivity (Wildman–Crippen MR) is 92.1 cm³/mol. The Morgan fingerprint density at radius 3 is 2.58 bits per heavy atom. The molecule has 1 aliphatic heterocycles. The van der Waals surface area contributed by atoms with E-state index in [9.17, 15) is 14.7 Å². The van der Waals surface area contributed by atoms with Gasteiger partial charge in [0.1, 0.15) is 30.3 Å². The van der Waals surface area contributed by atoms with Gasteiger partial charge in [-0.15, -0.1) is 0 Å². The molecule has 0 amide bonds. The molecule has 0 saturated carbocycles. The van der Waals surface area contributed by atoms with Crippen molar-refractivity contribution in [2.75, 3.05) is 6.61 Å². The SMILES string of the molecule is CC(=O)OCC1OC(Sc2ccccc2)C(N=[N+]=[N-])C(O)C1OC(C)=O. The summed E-state index contributed by atoms with van der Waals surface area (Å²) in [7, 11) is 0. The van der Waals surface area contributed by atoms with Crippen molar-refractivity contribution in [3.05, 3.63) is 40.8 Å². The minimum atomic E-state index is -1.31. The van der Waals surface area contributed by atoms with Crippen molar-refractivity contribution in [1.82, 2.24) is 0 Å². The zero-order valence-electron chi connectivity index (χ0n) is 14.2. The van der Waals surface area contributed by atoms with Gasteiger partial charge in [0.05, 0.1) is 0 Å². The highest BCUT2D eigenvalue weighted by Crippen LogP contribution is 2.36. The van der Waals surface area contributed by atoms with E-state index >= 15 is 0 Å². The number of hydrogen-bond acceptors (Lipinski definition) is 8. The fourth-order valence-corrected chi connectivity index (χ4v) is 3.62. The van der Waals surface area contributed by atoms with Crippen molar-refractivity contribution in [3.8, 4) is 0 Å². The van der Waals surface area contributed by atoms with Gasteiger partial charge in [0.2, 0.25) is 0 Å². The van der Waals surface area contributed by atoms with Crippen LogP contribution in [-0.2, 0) is 23.8 Å². The molecule has 1 saturated heterocycles. The van der Waals surface area contributed by atoms with Crippen molar-refractivity contribution >= 4 is 23.7 Å². The van der Waals surface area contributed by atoms with E-state index in [4.69, 9.17) is 19.7 Å². The molecule has 1 aromatic rings. The van der Waals surface area contributed by atoms with E-state index in [1.165, 1.54) is 25.6 Å². The third-order valence-electron chi connectivity index (χ3n) is 3.57. The van der Waals surface area contributed by atoms with Gasteiger partial charge in [-0.05, 0) is 17.7 Å². The quantitative estimate of drug-likeness (QED) is 0.345. The molecule has 0 bridgehead atoms. The lowest BCUT2D eigenvalue weighted by Gasteiger charge is -2.42. The topological polar surface area (TPSA) is 131 Å². The van der Waals surface area contributed by atoms with Crippen LogP contribution < -0.4 is 0 Å². The van der Waals surface area contributed by atoms with Gasteiger partial charge in [0, 0.05) is 23.7 Å². The smallest absolute Gasteiger partial charge is 0.303 e. The maximum Gasteiger partial charge on any atom is 0.303 e. The molecular formula is C16H19N3O6S. The Kier molecular flexibility index (Phi) is 7.28. The zero-order chi connectivity index (χ0) is 19.1. The van der Waals surface area contributed by atoms with Crippen LogP contribution in [0.5, 0.6) is 0 Å². The standard InChI is InChI=1S/C16H19N3O6S/c1-9(20)23-8-12-15(24-10(2)21)14(22)13(18-19-17)16(25-12)26-11-6-4-3-5-7-11/h3-7,12-16,22H,8H2,1-2H3. The number of esters is 2. The van der Waals surface area contributed by atoms with Gasteiger partial charge < -0.3 is 19.3 Å². The second-order valence-corrected chi connectivity index (χ2v) is 6.71. The molecule has 1 fully saturated rings. The first kappa shape index (κ1) is 20.1. The van der Waals surface area contributed by atoms with Crippen LogP contribution in [0.2, 0.25) is 0 Å². The summed E-state index contributed by atoms with van der Waals surface area (Å²) >= 11 is 1.25. The third kappa shape index (κ3) is 5.37. The van der Waals surface area contributed by atoms with Crippen molar-refractivity contribution < 1.29 is 28.9 Å². The van der Waals surface area contributed by atoms with E-state index < -0.39 is 41.7 Å². The summed E-state index contributed by atoms with van der Waals surface area (Å²) in [6.07, 6.45) is -3.34. The molecule has 0 spiro atoms. The number of nitrogens with zero attached hydrogens (tertiary/aromatic N) is 3. The highest BCUT2D eigenvalue weighted by molar-refractivity contribution is 7.99. The number of aliphatic hydroxyl groups is 1. The maximum absolute atomic E-state index is 11.4. The Hall–Kier alpha value is -2.26. The van der Waals surface area contributed by atoms with E-state index in [1.807, 2.05) is 30.3 Å². The minimum Gasteiger partial charge on any atom is -0.463 e. The number of carbonyl (C=O) groups is 2. The van der Waals surface area contributed by atoms with Gasteiger partial charge >= 0.3 is 11.9 Å². The molecule has 1 N–H and O–H groups in total. The van der Waals surface area contributed by atoms with Crippen LogP contribution >= 0.6 is 11.8 Å². The van der Waals surface area contributed by atoms with Crippen molar-refractivity contribution in [2.45, 2.75) is 48.5 Å². The molecule has 0 aliphatic carbocycles. The fraction of sp³-hybridized carbons (Fsp3) is 0.500. The third-order valence-corrected chi connectivity index (χ3v) is 4.74. The molecule has 0 aromatic heterocycles. The molecule has 26 heavy (non-hydrogen) atoms. The average molecular weight is 381 g/mol. The molecule has 1 heterocycles. The van der Waals surface area contributed by atoms with Crippen molar-refractivity contribution in [1.29, 1.82) is 0 Å². The Morgan fingerprint density at radius 2 is 2.00 bits per heavy atom. The van der Waals surface area contributed by atoms with E-state index in [0.717, 1.165) is 4.90 Å². The Labute approximate surface area is 154 Å². The lowest BCUT2D eigenvalue weighted by molar-refractivity contribution is -0.198. The Balaban J connectivity index is 2.26. The van der Waals surface area contributed by atoms with E-state index in [0.29, 0.717) is 0 Å². The lowest BCUT2D eigenvalue weighted by atomic mass is 9.98. The number of azide groups is 1. The van der Waals surface area contributed by atoms with Crippen molar-refractivity contribution in [3.63, 3.8) is 0 Å². The van der Waals surface area contributed by atoms with Crippen molar-refractivity contribution in [2.24, 2.45) is 5.11 Å². The Bertz CT molecular complexity index is 682. The molecule has 140 valence electrons. The van der Waals surface area contributed by atoms with Gasteiger partial charge in [-0.3, -0.25) is 9.59 Å². The molecule has 5 atom stereocenters. The van der Waals surface area contributed by atoms with Crippen LogP contribution in [0.1, 0.15) is 13.8 Å². The average Bonchev–Trinajstić information content (AvgIpc) is 2.59. The molecule has 9 nitrogen and oxygen atoms in total. The molecule has 1 aromatic carbocycles. The highest BCUT2D eigenvalue weighted by Gasteiger charge is 2.47. The van der Waals surface area contributed by atoms with Gasteiger partial charge in [-0.25, -0.2) is 0 Å². The summed E-state index contributed by atoms with van der Waals surface area (Å²) < 4.78 is 16.0. The first-order valence-corrected chi connectivity index (χ1v) is 8.70. The fourth-order valence-electron chi connectivity index (χ4n) is 2.49. The highest BCUT2D eigenvalue weighted by atomic mass is 32.2. The van der Waals surface area contributed by atoms with Crippen LogP contribution in [0.3, 0.4) is 0 Å². The number of aliphatic hydroxyl groups excluding tert-OH is 1. The Morgan fingerprint density at radius 1 is 1.31 bits per heavy atom. The predicted octanol–water partition coefficient (Wildman–Crippen LogP) is 2.04. The van der Waals surface area contributed by atoms with Gasteiger partial charge in [-0.2, -0.15) is 0 Å². The molecule has 2 rings (SSSR count). The van der Waals surface area contributed by atoms with Crippen LogP contribution in [0.25, 0.3) is 10.4 Å². The summed E-state index contributed by atoms with van der Waals surface area (Å²) in [5, 5.41) is 14.2. The zero-order valence-corrected chi connectivity index (χ0v) is 15.0. The number of carbonyl (C=O) groups excluding carboxylic acids is 2. The van der Waals surface area contributed by atoms with Crippen LogP contribution in [0.4, 0.5) is 0 Å². The number of hydrogen-bond donors (Lipinski definition) is 1. The molecule has 5 unspecified atom stereocenters. The van der Waals surface area contributed by atoms with Gasteiger partial charge in [0.15, 0.2) is 6.10 Å². The second kappa shape index (κ2) is 9.44. The monoisotopic (exact) mass is 381 g/mol. The van der Waals surface area contributed by atoms with E-state index in [1.54, 1.807) is 0 Å². The molecule has 1 aliphatic rings. The number of ether oxygens (including phenoxy) is 3. The maximum atomic E-state index is 11.4. The summed E-state index contributed by atoms with van der Waals surface area (Å²) in [6, 6.07) is 8.21. The number of rotatable bonds is 6. The molecular weight excluding hydrogens is 362 g/mol. The summed E-state index contributed by atoms with van der Waals surface area (Å²) in [4.78, 5) is 26.1. The van der Waals surface area contributed by atoms with Crippen LogP contribution in [0, 0.1) is 0 Å². The number of benzene rings is 1. The largest absolute Gasteiger partial charge is 0.463 e. The summed E-state index contributed by atoms with van der Waals surface area (Å²) in [5.74, 6) is -1.17. The van der Waals surface area contributed by atoms with E-state index in [2.05, 4.69) is 10.0 Å². The minimum absolute atomic E-state index is 0.209.